The molecule has 148 valence electrons. The van der Waals surface area contributed by atoms with Crippen LogP contribution in [-0.4, -0.2) is 43.2 Å². The van der Waals surface area contributed by atoms with Gasteiger partial charge in [-0.25, -0.2) is 0 Å². The second-order valence-corrected chi connectivity index (χ2v) is 8.26. The molecule has 28 heavy (non-hydrogen) atoms. The molecule has 0 aliphatic heterocycles. The highest BCUT2D eigenvalue weighted by molar-refractivity contribution is 8.00. The number of aryl methyl sites for hydroxylation is 1. The van der Waals surface area contributed by atoms with Crippen LogP contribution in [0.5, 0.6) is 11.5 Å². The van der Waals surface area contributed by atoms with Crippen molar-refractivity contribution in [2.24, 2.45) is 7.05 Å². The van der Waals surface area contributed by atoms with Crippen LogP contribution < -0.4 is 14.8 Å². The van der Waals surface area contributed by atoms with E-state index in [0.717, 1.165) is 5.01 Å². The van der Waals surface area contributed by atoms with E-state index in [1.54, 1.807) is 18.6 Å². The lowest BCUT2D eigenvalue weighted by Gasteiger charge is -2.11. The maximum Gasteiger partial charge on any atom is 0.239 e. The van der Waals surface area contributed by atoms with Gasteiger partial charge >= 0.3 is 0 Å². The van der Waals surface area contributed by atoms with Crippen LogP contribution in [0, 0.1) is 6.92 Å². The fourth-order valence-corrected chi connectivity index (χ4v) is 3.65. The van der Waals surface area contributed by atoms with Crippen molar-refractivity contribution in [2.45, 2.75) is 30.9 Å². The number of anilines is 1. The first-order valence-corrected chi connectivity index (χ1v) is 10.1. The molecule has 0 aliphatic rings. The van der Waals surface area contributed by atoms with Crippen LogP contribution in [0.3, 0.4) is 0 Å². The van der Waals surface area contributed by atoms with Gasteiger partial charge in [-0.2, -0.15) is 0 Å². The molecular formula is C17H20N6O3S2. The second kappa shape index (κ2) is 9.02. The lowest BCUT2D eigenvalue weighted by atomic mass is 10.3. The average Bonchev–Trinajstić information content (AvgIpc) is 3.25. The van der Waals surface area contributed by atoms with Gasteiger partial charge < -0.3 is 14.0 Å². The predicted molar refractivity (Wildman–Crippen MR) is 107 cm³/mol. The summed E-state index contributed by atoms with van der Waals surface area (Å²) >= 11 is 2.64. The lowest BCUT2D eigenvalue weighted by Crippen LogP contribution is -2.22. The Morgan fingerprint density at radius 3 is 2.68 bits per heavy atom. The number of thioether (sulfide) groups is 1. The normalized spacial score (nSPS) is 11.9. The minimum absolute atomic E-state index is 0.170. The SMILES string of the molecule is COc1ccccc1OCc1nnc(S[C@H](C)C(=O)Nc2nnc(C)s2)n1C. The average molecular weight is 421 g/mol. The van der Waals surface area contributed by atoms with Crippen LogP contribution in [0.25, 0.3) is 0 Å². The lowest BCUT2D eigenvalue weighted by molar-refractivity contribution is -0.115. The van der Waals surface area contributed by atoms with Crippen molar-refractivity contribution in [1.29, 1.82) is 0 Å². The highest BCUT2D eigenvalue weighted by Gasteiger charge is 2.20. The minimum atomic E-state index is -0.380. The van der Waals surface area contributed by atoms with Crippen LogP contribution in [0.4, 0.5) is 5.13 Å². The Morgan fingerprint density at radius 1 is 1.25 bits per heavy atom. The summed E-state index contributed by atoms with van der Waals surface area (Å²) in [6.07, 6.45) is 0. The molecule has 1 amide bonds. The van der Waals surface area contributed by atoms with Gasteiger partial charge in [-0.1, -0.05) is 35.2 Å². The van der Waals surface area contributed by atoms with E-state index in [0.29, 0.717) is 27.6 Å². The molecule has 11 heteroatoms. The molecule has 3 aromatic rings. The zero-order valence-electron chi connectivity index (χ0n) is 15.9. The smallest absolute Gasteiger partial charge is 0.239 e. The van der Waals surface area contributed by atoms with Crippen LogP contribution in [0.15, 0.2) is 29.4 Å². The van der Waals surface area contributed by atoms with Crippen molar-refractivity contribution >= 4 is 34.1 Å². The number of nitrogens with zero attached hydrogens (tertiary/aromatic N) is 5. The first-order valence-electron chi connectivity index (χ1n) is 8.39. The van der Waals surface area contributed by atoms with Gasteiger partial charge in [-0.15, -0.1) is 20.4 Å². The summed E-state index contributed by atoms with van der Waals surface area (Å²) in [5.74, 6) is 1.75. The molecule has 0 fully saturated rings. The number of hydrogen-bond acceptors (Lipinski definition) is 9. The molecule has 0 saturated carbocycles. The monoisotopic (exact) mass is 420 g/mol. The van der Waals surface area contributed by atoms with E-state index < -0.39 is 0 Å². The summed E-state index contributed by atoms with van der Waals surface area (Å²) < 4.78 is 12.9. The highest BCUT2D eigenvalue weighted by Crippen LogP contribution is 2.27. The third-order valence-corrected chi connectivity index (χ3v) is 5.65. The molecule has 0 unspecified atom stereocenters. The number of aromatic nitrogens is 5. The maximum atomic E-state index is 12.3. The Kier molecular flexibility index (Phi) is 6.47. The topological polar surface area (TPSA) is 104 Å². The quantitative estimate of drug-likeness (QED) is 0.555. The van der Waals surface area contributed by atoms with Crippen molar-refractivity contribution in [3.05, 3.63) is 35.1 Å². The number of para-hydroxylation sites is 2. The number of benzene rings is 1. The number of carbonyl (C=O) groups excluding carboxylic acids is 1. The summed E-state index contributed by atoms with van der Waals surface area (Å²) in [4.78, 5) is 12.3. The minimum Gasteiger partial charge on any atom is -0.493 e. The van der Waals surface area contributed by atoms with E-state index >= 15 is 0 Å². The third-order valence-electron chi connectivity index (χ3n) is 3.76. The Hall–Kier alpha value is -2.66. The molecular weight excluding hydrogens is 400 g/mol. The van der Waals surface area contributed by atoms with Crippen LogP contribution >= 0.6 is 23.1 Å². The van der Waals surface area contributed by atoms with Gasteiger partial charge in [-0.05, 0) is 26.0 Å². The van der Waals surface area contributed by atoms with E-state index in [-0.39, 0.29) is 17.8 Å². The Bertz CT molecular complexity index is 958. The molecule has 1 N–H and O–H groups in total. The number of methoxy groups -OCH3 is 1. The number of nitrogens with one attached hydrogen (secondary N) is 1. The largest absolute Gasteiger partial charge is 0.493 e. The van der Waals surface area contributed by atoms with Gasteiger partial charge in [0.05, 0.1) is 12.4 Å². The fourth-order valence-electron chi connectivity index (χ4n) is 2.22. The summed E-state index contributed by atoms with van der Waals surface area (Å²) in [7, 11) is 3.43. The summed E-state index contributed by atoms with van der Waals surface area (Å²) in [6, 6.07) is 7.40. The Morgan fingerprint density at radius 2 is 2.00 bits per heavy atom. The summed E-state index contributed by atoms with van der Waals surface area (Å²) in [6.45, 7) is 3.86. The van der Waals surface area contributed by atoms with Crippen molar-refractivity contribution < 1.29 is 14.3 Å². The summed E-state index contributed by atoms with van der Waals surface area (Å²) in [5, 5.41) is 20.4. The Balaban J connectivity index is 1.60. The molecule has 3 rings (SSSR count). The van der Waals surface area contributed by atoms with Crippen LogP contribution in [0.1, 0.15) is 17.8 Å². The number of amides is 1. The number of ether oxygens (including phenoxy) is 2. The van der Waals surface area contributed by atoms with Gasteiger partial charge in [-0.3, -0.25) is 10.1 Å². The van der Waals surface area contributed by atoms with E-state index in [4.69, 9.17) is 9.47 Å². The molecule has 0 bridgehead atoms. The van der Waals surface area contributed by atoms with E-state index in [1.807, 2.05) is 38.2 Å². The molecule has 1 atom stereocenters. The van der Waals surface area contributed by atoms with Crippen molar-refractivity contribution in [3.63, 3.8) is 0 Å². The molecule has 1 aromatic carbocycles. The first kappa shape index (κ1) is 20.1. The van der Waals surface area contributed by atoms with E-state index in [9.17, 15) is 4.79 Å². The van der Waals surface area contributed by atoms with E-state index in [1.165, 1.54) is 23.1 Å². The van der Waals surface area contributed by atoms with Gasteiger partial charge in [0.15, 0.2) is 22.5 Å². The van der Waals surface area contributed by atoms with Gasteiger partial charge in [0.1, 0.15) is 11.6 Å². The highest BCUT2D eigenvalue weighted by atomic mass is 32.2. The standard InChI is InChI=1S/C17H20N6O3S2/c1-10(15(24)18-16-21-19-11(2)28-16)27-17-22-20-14(23(17)3)9-26-13-8-6-5-7-12(13)25-4/h5-8,10H,9H2,1-4H3,(H,18,21,24)/t10-/m1/s1. The molecule has 2 aromatic heterocycles. The van der Waals surface area contributed by atoms with Crippen molar-refractivity contribution in [3.8, 4) is 11.5 Å². The Labute approximate surface area is 170 Å². The predicted octanol–water partition coefficient (Wildman–Crippen LogP) is 2.68. The van der Waals surface area contributed by atoms with Crippen molar-refractivity contribution in [1.82, 2.24) is 25.0 Å². The van der Waals surface area contributed by atoms with Crippen LogP contribution in [-0.2, 0) is 18.4 Å². The number of carbonyl (C=O) groups is 1. The molecule has 0 spiro atoms. The zero-order valence-corrected chi connectivity index (χ0v) is 17.5. The first-order chi connectivity index (χ1) is 13.5. The molecule has 0 aliphatic carbocycles. The molecule has 2 heterocycles. The van der Waals surface area contributed by atoms with Crippen LogP contribution in [0.2, 0.25) is 0 Å². The van der Waals surface area contributed by atoms with Crippen molar-refractivity contribution in [2.75, 3.05) is 12.4 Å². The number of hydrogen-bond donors (Lipinski definition) is 1. The third kappa shape index (κ3) is 4.78. The molecule has 0 saturated heterocycles. The second-order valence-electron chi connectivity index (χ2n) is 5.77. The van der Waals surface area contributed by atoms with E-state index in [2.05, 4.69) is 25.7 Å². The maximum absolute atomic E-state index is 12.3. The van der Waals surface area contributed by atoms with Gasteiger partial charge in [0, 0.05) is 7.05 Å². The summed E-state index contributed by atoms with van der Waals surface area (Å²) in [5.41, 5.74) is 0. The number of rotatable bonds is 8. The zero-order chi connectivity index (χ0) is 20.1. The molecule has 9 nitrogen and oxygen atoms in total. The fraction of sp³-hybridized carbons (Fsp3) is 0.353. The molecule has 0 radical (unpaired) electrons. The van der Waals surface area contributed by atoms with Gasteiger partial charge in [0.2, 0.25) is 11.0 Å². The van der Waals surface area contributed by atoms with Gasteiger partial charge in [0.25, 0.3) is 0 Å².